The minimum atomic E-state index is -0.531. The van der Waals surface area contributed by atoms with Gasteiger partial charge in [-0.05, 0) is 19.3 Å². The lowest BCUT2D eigenvalue weighted by Crippen LogP contribution is -2.28. The molecule has 1 fully saturated rings. The van der Waals surface area contributed by atoms with Crippen molar-refractivity contribution in [3.8, 4) is 0 Å². The maximum absolute atomic E-state index is 11.6. The standard InChI is InChI=1S/C13H20O5/c1-3-11(8-10(14)9-12(15)16-2)18-13-6-4-5-7-17-13/h3,11,13H,1,4-9H2,2H3. The lowest BCUT2D eigenvalue weighted by atomic mass is 10.1. The van der Waals surface area contributed by atoms with Crippen LogP contribution in [0.1, 0.15) is 32.1 Å². The van der Waals surface area contributed by atoms with Crippen molar-refractivity contribution < 1.29 is 23.8 Å². The van der Waals surface area contributed by atoms with Crippen LogP contribution in [0.2, 0.25) is 0 Å². The molecule has 0 bridgehead atoms. The van der Waals surface area contributed by atoms with Gasteiger partial charge in [-0.3, -0.25) is 9.59 Å². The average molecular weight is 256 g/mol. The van der Waals surface area contributed by atoms with E-state index in [1.807, 2.05) is 0 Å². The first-order chi connectivity index (χ1) is 8.65. The lowest BCUT2D eigenvalue weighted by molar-refractivity contribution is -0.180. The highest BCUT2D eigenvalue weighted by Crippen LogP contribution is 2.17. The van der Waals surface area contributed by atoms with Crippen LogP contribution < -0.4 is 0 Å². The van der Waals surface area contributed by atoms with Crippen molar-refractivity contribution in [3.05, 3.63) is 12.7 Å². The van der Waals surface area contributed by atoms with E-state index in [9.17, 15) is 9.59 Å². The monoisotopic (exact) mass is 256 g/mol. The van der Waals surface area contributed by atoms with Gasteiger partial charge in [-0.15, -0.1) is 6.58 Å². The Morgan fingerprint density at radius 2 is 2.28 bits per heavy atom. The van der Waals surface area contributed by atoms with Crippen LogP contribution >= 0.6 is 0 Å². The van der Waals surface area contributed by atoms with Crippen molar-refractivity contribution in [2.24, 2.45) is 0 Å². The fourth-order valence-electron chi connectivity index (χ4n) is 1.73. The first-order valence-electron chi connectivity index (χ1n) is 6.14. The summed E-state index contributed by atoms with van der Waals surface area (Å²) in [6.07, 6.45) is 3.71. The van der Waals surface area contributed by atoms with Crippen LogP contribution in [0.15, 0.2) is 12.7 Å². The van der Waals surface area contributed by atoms with Crippen molar-refractivity contribution >= 4 is 11.8 Å². The summed E-state index contributed by atoms with van der Waals surface area (Å²) >= 11 is 0. The van der Waals surface area contributed by atoms with Gasteiger partial charge in [-0.25, -0.2) is 0 Å². The van der Waals surface area contributed by atoms with Crippen LogP contribution in [0.4, 0.5) is 0 Å². The molecular formula is C13H20O5. The van der Waals surface area contributed by atoms with Gasteiger partial charge in [0.25, 0.3) is 0 Å². The Bertz CT molecular complexity index is 294. The molecule has 0 aliphatic carbocycles. The van der Waals surface area contributed by atoms with Crippen LogP contribution in [0, 0.1) is 0 Å². The number of methoxy groups -OCH3 is 1. The summed E-state index contributed by atoms with van der Waals surface area (Å²) in [5.41, 5.74) is 0. The Morgan fingerprint density at radius 1 is 1.50 bits per heavy atom. The molecule has 102 valence electrons. The summed E-state index contributed by atoms with van der Waals surface area (Å²) in [4.78, 5) is 22.5. The maximum atomic E-state index is 11.6. The van der Waals surface area contributed by atoms with Gasteiger partial charge in [0.1, 0.15) is 12.2 Å². The molecule has 5 heteroatoms. The van der Waals surface area contributed by atoms with Gasteiger partial charge in [-0.1, -0.05) is 6.08 Å². The maximum Gasteiger partial charge on any atom is 0.313 e. The molecule has 0 aromatic heterocycles. The molecule has 2 unspecified atom stereocenters. The first kappa shape index (κ1) is 14.9. The van der Waals surface area contributed by atoms with E-state index in [4.69, 9.17) is 9.47 Å². The Hall–Kier alpha value is -1.20. The molecule has 0 aromatic carbocycles. The number of ketones is 1. The van der Waals surface area contributed by atoms with Crippen LogP contribution in [0.5, 0.6) is 0 Å². The molecule has 0 amide bonds. The largest absolute Gasteiger partial charge is 0.469 e. The molecule has 1 heterocycles. The zero-order valence-corrected chi connectivity index (χ0v) is 10.7. The number of hydrogen-bond donors (Lipinski definition) is 0. The third kappa shape index (κ3) is 5.42. The normalized spacial score (nSPS) is 21.1. The highest BCUT2D eigenvalue weighted by molar-refractivity contribution is 5.95. The molecule has 1 aliphatic rings. The Morgan fingerprint density at radius 3 is 2.83 bits per heavy atom. The number of esters is 1. The van der Waals surface area contributed by atoms with Crippen LogP contribution in [0.3, 0.4) is 0 Å². The molecule has 1 saturated heterocycles. The van der Waals surface area contributed by atoms with E-state index in [1.165, 1.54) is 7.11 Å². The van der Waals surface area contributed by atoms with Crippen LogP contribution in [-0.4, -0.2) is 37.9 Å². The molecule has 0 N–H and O–H groups in total. The van der Waals surface area contributed by atoms with Gasteiger partial charge in [0.15, 0.2) is 6.29 Å². The quantitative estimate of drug-likeness (QED) is 0.393. The molecule has 1 aliphatic heterocycles. The van der Waals surface area contributed by atoms with E-state index in [2.05, 4.69) is 11.3 Å². The van der Waals surface area contributed by atoms with Crippen LogP contribution in [0.25, 0.3) is 0 Å². The van der Waals surface area contributed by atoms with Gasteiger partial charge in [0.2, 0.25) is 0 Å². The van der Waals surface area contributed by atoms with E-state index < -0.39 is 12.1 Å². The van der Waals surface area contributed by atoms with Crippen molar-refractivity contribution in [1.82, 2.24) is 0 Å². The lowest BCUT2D eigenvalue weighted by Gasteiger charge is -2.26. The van der Waals surface area contributed by atoms with Crippen molar-refractivity contribution in [2.75, 3.05) is 13.7 Å². The number of hydrogen-bond acceptors (Lipinski definition) is 5. The third-order valence-electron chi connectivity index (χ3n) is 2.73. The van der Waals surface area contributed by atoms with Crippen molar-refractivity contribution in [1.29, 1.82) is 0 Å². The second-order valence-corrected chi connectivity index (χ2v) is 4.20. The highest BCUT2D eigenvalue weighted by atomic mass is 16.7. The van der Waals surface area contributed by atoms with Gasteiger partial charge in [0, 0.05) is 13.0 Å². The minimum Gasteiger partial charge on any atom is -0.469 e. The fourth-order valence-corrected chi connectivity index (χ4v) is 1.73. The SMILES string of the molecule is C=CC(CC(=O)CC(=O)OC)OC1CCCCO1. The molecule has 2 atom stereocenters. The molecule has 18 heavy (non-hydrogen) atoms. The smallest absolute Gasteiger partial charge is 0.313 e. The van der Waals surface area contributed by atoms with Crippen LogP contribution in [-0.2, 0) is 23.8 Å². The highest BCUT2D eigenvalue weighted by Gasteiger charge is 2.21. The summed E-state index contributed by atoms with van der Waals surface area (Å²) in [6, 6.07) is 0. The third-order valence-corrected chi connectivity index (χ3v) is 2.73. The number of carbonyl (C=O) groups is 2. The van der Waals surface area contributed by atoms with E-state index in [1.54, 1.807) is 6.08 Å². The molecule has 5 nitrogen and oxygen atoms in total. The second-order valence-electron chi connectivity index (χ2n) is 4.20. The van der Waals surface area contributed by atoms with E-state index in [0.717, 1.165) is 19.3 Å². The Kier molecular flexibility index (Phi) is 6.60. The Labute approximate surface area is 107 Å². The topological polar surface area (TPSA) is 61.8 Å². The predicted octanol–water partition coefficient (Wildman–Crippen LogP) is 1.61. The van der Waals surface area contributed by atoms with E-state index in [-0.39, 0.29) is 24.9 Å². The summed E-state index contributed by atoms with van der Waals surface area (Å²) < 4.78 is 15.5. The van der Waals surface area contributed by atoms with Gasteiger partial charge >= 0.3 is 5.97 Å². The molecule has 0 aromatic rings. The molecule has 1 rings (SSSR count). The fraction of sp³-hybridized carbons (Fsp3) is 0.692. The van der Waals surface area contributed by atoms with Gasteiger partial charge in [-0.2, -0.15) is 0 Å². The molecule has 0 radical (unpaired) electrons. The number of Topliss-reactive ketones (excluding diaryl/α,β-unsaturated/α-hetero) is 1. The summed E-state index contributed by atoms with van der Waals surface area (Å²) in [5.74, 6) is -0.751. The Balaban J connectivity index is 2.33. The van der Waals surface area contributed by atoms with Crippen molar-refractivity contribution in [3.63, 3.8) is 0 Å². The first-order valence-corrected chi connectivity index (χ1v) is 6.14. The zero-order valence-electron chi connectivity index (χ0n) is 10.7. The minimum absolute atomic E-state index is 0.123. The zero-order chi connectivity index (χ0) is 13.4. The number of ether oxygens (including phenoxy) is 3. The van der Waals surface area contributed by atoms with Gasteiger partial charge in [0.05, 0.1) is 13.2 Å². The predicted molar refractivity (Wildman–Crippen MR) is 64.9 cm³/mol. The van der Waals surface area contributed by atoms with Crippen molar-refractivity contribution in [2.45, 2.75) is 44.5 Å². The summed E-state index contributed by atoms with van der Waals surface area (Å²) in [5, 5.41) is 0. The van der Waals surface area contributed by atoms with E-state index in [0.29, 0.717) is 6.61 Å². The molecular weight excluding hydrogens is 236 g/mol. The number of rotatable bonds is 7. The molecule has 0 spiro atoms. The second kappa shape index (κ2) is 8.00. The number of carbonyl (C=O) groups excluding carboxylic acids is 2. The average Bonchev–Trinajstić information content (AvgIpc) is 2.38. The van der Waals surface area contributed by atoms with Gasteiger partial charge < -0.3 is 14.2 Å². The van der Waals surface area contributed by atoms with E-state index >= 15 is 0 Å². The summed E-state index contributed by atoms with van der Waals surface area (Å²) in [7, 11) is 1.26. The summed E-state index contributed by atoms with van der Waals surface area (Å²) in [6.45, 7) is 4.32. The molecule has 0 saturated carbocycles.